The van der Waals surface area contributed by atoms with Crippen LogP contribution in [-0.2, 0) is 6.42 Å². The molecule has 0 aromatic heterocycles. The molecule has 2 N–H and O–H groups in total. The van der Waals surface area contributed by atoms with Gasteiger partial charge in [-0.3, -0.25) is 0 Å². The van der Waals surface area contributed by atoms with Crippen LogP contribution in [0.3, 0.4) is 0 Å². The van der Waals surface area contributed by atoms with E-state index in [4.69, 9.17) is 5.73 Å². The van der Waals surface area contributed by atoms with E-state index >= 15 is 0 Å². The molecule has 0 amide bonds. The first kappa shape index (κ1) is 15.9. The number of nitrogens with zero attached hydrogens (tertiary/aromatic N) is 2. The molecule has 0 aliphatic carbocycles. The molecule has 0 aliphatic rings. The molecule has 4 heteroatoms. The van der Waals surface area contributed by atoms with E-state index in [9.17, 15) is 4.39 Å². The van der Waals surface area contributed by atoms with Gasteiger partial charge in [-0.05, 0) is 64.2 Å². The standard InChI is InChI=1S/C15H26FN3/c1-12(17)10-13-11-14(16)6-7-15(13)19(4)9-5-8-18(2)3/h6-7,11-12H,5,8-10,17H2,1-4H3. The third-order valence-electron chi connectivity index (χ3n) is 3.09. The molecule has 3 nitrogen and oxygen atoms in total. The number of rotatable bonds is 7. The Balaban J connectivity index is 2.74. The lowest BCUT2D eigenvalue weighted by Gasteiger charge is -2.24. The van der Waals surface area contributed by atoms with Gasteiger partial charge >= 0.3 is 0 Å². The smallest absolute Gasteiger partial charge is 0.123 e. The molecule has 0 aliphatic heterocycles. The summed E-state index contributed by atoms with van der Waals surface area (Å²) in [7, 11) is 6.19. The van der Waals surface area contributed by atoms with E-state index in [0.717, 1.165) is 30.8 Å². The van der Waals surface area contributed by atoms with Crippen molar-refractivity contribution in [3.8, 4) is 0 Å². The summed E-state index contributed by atoms with van der Waals surface area (Å²) in [5.41, 5.74) is 7.91. The minimum atomic E-state index is -0.193. The van der Waals surface area contributed by atoms with Gasteiger partial charge in [0.25, 0.3) is 0 Å². The molecule has 108 valence electrons. The fraction of sp³-hybridized carbons (Fsp3) is 0.600. The number of hydrogen-bond acceptors (Lipinski definition) is 3. The first-order valence-electron chi connectivity index (χ1n) is 6.80. The maximum atomic E-state index is 13.4. The van der Waals surface area contributed by atoms with Gasteiger partial charge < -0.3 is 15.5 Å². The largest absolute Gasteiger partial charge is 0.374 e. The van der Waals surface area contributed by atoms with Gasteiger partial charge in [-0.15, -0.1) is 0 Å². The van der Waals surface area contributed by atoms with Crippen LogP contribution in [0.2, 0.25) is 0 Å². The Morgan fingerprint density at radius 1 is 1.21 bits per heavy atom. The summed E-state index contributed by atoms with van der Waals surface area (Å²) in [5, 5.41) is 0. The zero-order valence-electron chi connectivity index (χ0n) is 12.5. The Bertz CT molecular complexity index is 391. The summed E-state index contributed by atoms with van der Waals surface area (Å²) >= 11 is 0. The van der Waals surface area contributed by atoms with E-state index in [1.807, 2.05) is 20.0 Å². The molecule has 1 unspecified atom stereocenters. The van der Waals surface area contributed by atoms with Crippen LogP contribution in [0.15, 0.2) is 18.2 Å². The Hall–Kier alpha value is -1.13. The maximum absolute atomic E-state index is 13.4. The molecular weight excluding hydrogens is 241 g/mol. The van der Waals surface area contributed by atoms with Crippen LogP contribution in [0.25, 0.3) is 0 Å². The average molecular weight is 267 g/mol. The lowest BCUT2D eigenvalue weighted by molar-refractivity contribution is 0.401. The second kappa shape index (κ2) is 7.46. The minimum absolute atomic E-state index is 0.0377. The maximum Gasteiger partial charge on any atom is 0.123 e. The molecule has 1 aromatic carbocycles. The Morgan fingerprint density at radius 2 is 1.89 bits per heavy atom. The highest BCUT2D eigenvalue weighted by Gasteiger charge is 2.10. The number of nitrogens with two attached hydrogens (primary N) is 1. The molecule has 0 fully saturated rings. The molecule has 0 radical (unpaired) electrons. The number of benzene rings is 1. The quantitative estimate of drug-likeness (QED) is 0.821. The van der Waals surface area contributed by atoms with E-state index in [0.29, 0.717) is 6.42 Å². The normalized spacial score (nSPS) is 12.8. The van der Waals surface area contributed by atoms with E-state index in [1.165, 1.54) is 6.07 Å². The van der Waals surface area contributed by atoms with Crippen molar-refractivity contribution in [2.24, 2.45) is 5.73 Å². The van der Waals surface area contributed by atoms with Crippen LogP contribution in [0.4, 0.5) is 10.1 Å². The molecule has 1 atom stereocenters. The van der Waals surface area contributed by atoms with Crippen LogP contribution in [0.5, 0.6) is 0 Å². The van der Waals surface area contributed by atoms with Gasteiger partial charge in [0.05, 0.1) is 0 Å². The molecule has 0 saturated heterocycles. The molecule has 0 saturated carbocycles. The lowest BCUT2D eigenvalue weighted by atomic mass is 10.0. The highest BCUT2D eigenvalue weighted by Crippen LogP contribution is 2.22. The van der Waals surface area contributed by atoms with Gasteiger partial charge in [0.1, 0.15) is 5.82 Å². The molecule has 0 heterocycles. The van der Waals surface area contributed by atoms with Crippen LogP contribution >= 0.6 is 0 Å². The van der Waals surface area contributed by atoms with Crippen molar-refractivity contribution in [3.05, 3.63) is 29.6 Å². The predicted molar refractivity (Wildman–Crippen MR) is 80.2 cm³/mol. The molecular formula is C15H26FN3. The fourth-order valence-electron chi connectivity index (χ4n) is 2.18. The van der Waals surface area contributed by atoms with E-state index in [-0.39, 0.29) is 11.9 Å². The number of hydrogen-bond donors (Lipinski definition) is 1. The van der Waals surface area contributed by atoms with Crippen molar-refractivity contribution in [2.75, 3.05) is 39.1 Å². The summed E-state index contributed by atoms with van der Waals surface area (Å²) in [6, 6.07) is 5.00. The summed E-state index contributed by atoms with van der Waals surface area (Å²) in [6.45, 7) is 3.95. The van der Waals surface area contributed by atoms with Gasteiger partial charge in [-0.1, -0.05) is 0 Å². The molecule has 1 aromatic rings. The second-order valence-electron chi connectivity index (χ2n) is 5.53. The minimum Gasteiger partial charge on any atom is -0.374 e. The van der Waals surface area contributed by atoms with E-state index in [2.05, 4.69) is 23.9 Å². The van der Waals surface area contributed by atoms with Crippen molar-refractivity contribution in [2.45, 2.75) is 25.8 Å². The highest BCUT2D eigenvalue weighted by molar-refractivity contribution is 5.53. The first-order chi connectivity index (χ1) is 8.90. The zero-order valence-corrected chi connectivity index (χ0v) is 12.5. The topological polar surface area (TPSA) is 32.5 Å². The van der Waals surface area contributed by atoms with Crippen LogP contribution in [-0.4, -0.2) is 45.2 Å². The summed E-state index contributed by atoms with van der Waals surface area (Å²) in [5.74, 6) is -0.193. The summed E-state index contributed by atoms with van der Waals surface area (Å²) < 4.78 is 13.4. The van der Waals surface area contributed by atoms with Gasteiger partial charge in [0.2, 0.25) is 0 Å². The Morgan fingerprint density at radius 3 is 2.47 bits per heavy atom. The SMILES string of the molecule is CC(N)Cc1cc(F)ccc1N(C)CCCN(C)C. The van der Waals surface area contributed by atoms with Crippen molar-refractivity contribution < 1.29 is 4.39 Å². The summed E-state index contributed by atoms with van der Waals surface area (Å²) in [4.78, 5) is 4.35. The third-order valence-corrected chi connectivity index (χ3v) is 3.09. The first-order valence-corrected chi connectivity index (χ1v) is 6.80. The second-order valence-corrected chi connectivity index (χ2v) is 5.53. The van der Waals surface area contributed by atoms with Crippen molar-refractivity contribution in [1.82, 2.24) is 4.90 Å². The molecule has 0 spiro atoms. The molecule has 1 rings (SSSR count). The average Bonchev–Trinajstić information content (AvgIpc) is 2.27. The van der Waals surface area contributed by atoms with Gasteiger partial charge in [0.15, 0.2) is 0 Å². The fourth-order valence-corrected chi connectivity index (χ4v) is 2.18. The van der Waals surface area contributed by atoms with Gasteiger partial charge in [-0.2, -0.15) is 0 Å². The van der Waals surface area contributed by atoms with Crippen molar-refractivity contribution in [1.29, 1.82) is 0 Å². The predicted octanol–water partition coefficient (Wildman–Crippen LogP) is 2.10. The number of halogens is 1. The van der Waals surface area contributed by atoms with Crippen LogP contribution < -0.4 is 10.6 Å². The highest BCUT2D eigenvalue weighted by atomic mass is 19.1. The van der Waals surface area contributed by atoms with Crippen LogP contribution in [0, 0.1) is 5.82 Å². The summed E-state index contributed by atoms with van der Waals surface area (Å²) in [6.07, 6.45) is 1.78. The molecule has 19 heavy (non-hydrogen) atoms. The van der Waals surface area contributed by atoms with Crippen molar-refractivity contribution in [3.63, 3.8) is 0 Å². The molecule has 0 bridgehead atoms. The van der Waals surface area contributed by atoms with Gasteiger partial charge in [-0.25, -0.2) is 4.39 Å². The van der Waals surface area contributed by atoms with Crippen LogP contribution in [0.1, 0.15) is 18.9 Å². The third kappa shape index (κ3) is 5.57. The zero-order chi connectivity index (χ0) is 14.4. The Kier molecular flexibility index (Phi) is 6.25. The van der Waals surface area contributed by atoms with Crippen molar-refractivity contribution >= 4 is 5.69 Å². The number of anilines is 1. The van der Waals surface area contributed by atoms with Gasteiger partial charge in [0, 0.05) is 25.3 Å². The van der Waals surface area contributed by atoms with E-state index < -0.39 is 0 Å². The monoisotopic (exact) mass is 267 g/mol. The van der Waals surface area contributed by atoms with E-state index in [1.54, 1.807) is 6.07 Å². The lowest BCUT2D eigenvalue weighted by Crippen LogP contribution is -2.25. The Labute approximate surface area is 116 Å².